The number of hydrogen-bond acceptors (Lipinski definition) is 5. The van der Waals surface area contributed by atoms with Crippen molar-refractivity contribution in [1.29, 1.82) is 0 Å². The monoisotopic (exact) mass is 732 g/mol. The molecule has 0 radical (unpaired) electrons. The fourth-order valence-electron chi connectivity index (χ4n) is 7.20. The van der Waals surface area contributed by atoms with E-state index in [0.717, 1.165) is 69.6 Å². The van der Waals surface area contributed by atoms with Gasteiger partial charge in [0.1, 0.15) is 0 Å². The van der Waals surface area contributed by atoms with Gasteiger partial charge in [-0.25, -0.2) is 4.79 Å². The molecule has 0 unspecified atom stereocenters. The zero-order valence-corrected chi connectivity index (χ0v) is 33.6. The number of carboxylic acid groups (broad SMARTS) is 1. The Hall–Kier alpha value is -2.24. The van der Waals surface area contributed by atoms with Crippen LogP contribution in [0.1, 0.15) is 177 Å². The first kappa shape index (κ1) is 43.9. The first-order valence-corrected chi connectivity index (χ1v) is 24.4. The topological polar surface area (TPSA) is 97.7 Å². The molecule has 2 aromatic carbocycles. The number of carbonyl (C=O) groups excluding carboxylic acids is 1. The van der Waals surface area contributed by atoms with Crippen LogP contribution >= 0.6 is 6.83 Å². The molecule has 0 aliphatic rings. The summed E-state index contributed by atoms with van der Waals surface area (Å²) in [7, 11) is -3.88. The van der Waals surface area contributed by atoms with Crippen LogP contribution in [-0.4, -0.2) is 50.1 Å². The Morgan fingerprint density at radius 2 is 0.820 bits per heavy atom. The van der Waals surface area contributed by atoms with E-state index in [1.165, 1.54) is 120 Å². The maximum absolute atomic E-state index is 14.0. The van der Waals surface area contributed by atoms with E-state index in [1.54, 1.807) is 12.1 Å². The number of carbonyl (C=O) groups is 2. The van der Waals surface area contributed by atoms with Crippen LogP contribution < -0.4 is 0 Å². The second-order valence-electron chi connectivity index (χ2n) is 14.6. The van der Waals surface area contributed by atoms with E-state index in [4.69, 9.17) is 4.52 Å². The number of carboxylic acids is 1. The molecule has 0 aromatic heterocycles. The van der Waals surface area contributed by atoms with E-state index in [0.29, 0.717) is 5.56 Å². The van der Waals surface area contributed by atoms with Crippen molar-refractivity contribution >= 4 is 28.6 Å². The summed E-state index contributed by atoms with van der Waals surface area (Å²) in [4.78, 5) is 25.3. The molecule has 0 fully saturated rings. The van der Waals surface area contributed by atoms with Crippen molar-refractivity contribution in [3.8, 4) is 0 Å². The van der Waals surface area contributed by atoms with E-state index in [-0.39, 0.29) is 21.3 Å². The number of hydrogen-bond donors (Lipinski definition) is 1. The van der Waals surface area contributed by atoms with Gasteiger partial charge in [-0.1, -0.05) is 26.2 Å². The van der Waals surface area contributed by atoms with Crippen LogP contribution in [0.5, 0.6) is 0 Å². The van der Waals surface area contributed by atoms with Gasteiger partial charge < -0.3 is 5.11 Å². The molecule has 0 aliphatic heterocycles. The van der Waals surface area contributed by atoms with Gasteiger partial charge >= 0.3 is 270 Å². The SMILES string of the molecule is CCCCCCCCCCCCCCCCP(CCCC)(CCCC)(CCCC)OC(=O)c1ccc(S(=O)(=O)c2ccc(C(=O)O)cc2)cc1. The van der Waals surface area contributed by atoms with Crippen molar-refractivity contribution in [2.45, 2.75) is 166 Å². The van der Waals surface area contributed by atoms with Crippen molar-refractivity contribution in [1.82, 2.24) is 0 Å². The molecule has 0 amide bonds. The van der Waals surface area contributed by atoms with E-state index in [1.807, 2.05) is 0 Å². The van der Waals surface area contributed by atoms with E-state index in [2.05, 4.69) is 27.7 Å². The Balaban J connectivity index is 2.12. The summed E-state index contributed by atoms with van der Waals surface area (Å²) in [6.07, 6.45) is 28.7. The van der Waals surface area contributed by atoms with Gasteiger partial charge in [-0.05, 0) is 0 Å². The molecule has 50 heavy (non-hydrogen) atoms. The third-order valence-electron chi connectivity index (χ3n) is 10.5. The van der Waals surface area contributed by atoms with Crippen molar-refractivity contribution < 1.29 is 27.6 Å². The minimum atomic E-state index is -3.88. The number of benzene rings is 2. The summed E-state index contributed by atoms with van der Waals surface area (Å²) >= 11 is 0. The molecule has 2 rings (SSSR count). The van der Waals surface area contributed by atoms with Crippen LogP contribution in [0.4, 0.5) is 0 Å². The van der Waals surface area contributed by atoms with Crippen molar-refractivity contribution in [3.63, 3.8) is 0 Å². The van der Waals surface area contributed by atoms with E-state index < -0.39 is 22.6 Å². The van der Waals surface area contributed by atoms with Gasteiger partial charge in [0, 0.05) is 0 Å². The average Bonchev–Trinajstić information content (AvgIpc) is 3.12. The van der Waals surface area contributed by atoms with Gasteiger partial charge in [0.15, 0.2) is 0 Å². The fourth-order valence-corrected chi connectivity index (χ4v) is 15.1. The number of unbranched alkanes of at least 4 members (excludes halogenated alkanes) is 16. The average molecular weight is 733 g/mol. The fraction of sp³-hybridized carbons (Fsp3) is 0.667. The molecule has 8 heteroatoms. The summed E-state index contributed by atoms with van der Waals surface area (Å²) in [6.45, 7) is 6.02. The number of rotatable bonds is 29. The Morgan fingerprint density at radius 1 is 0.500 bits per heavy atom. The summed E-state index contributed by atoms with van der Waals surface area (Å²) in [5.74, 6) is -1.44. The molecule has 284 valence electrons. The van der Waals surface area contributed by atoms with Gasteiger partial charge in [-0.2, -0.15) is 0 Å². The molecular weight excluding hydrogens is 663 g/mol. The van der Waals surface area contributed by atoms with Crippen LogP contribution in [0.25, 0.3) is 0 Å². The van der Waals surface area contributed by atoms with Crippen LogP contribution in [0.3, 0.4) is 0 Å². The second kappa shape index (κ2) is 23.3. The summed E-state index contributed by atoms with van der Waals surface area (Å²) in [6, 6.07) is 11.2. The molecule has 0 saturated heterocycles. The molecule has 0 bridgehead atoms. The first-order valence-electron chi connectivity index (χ1n) is 20.0. The molecule has 0 heterocycles. The third kappa shape index (κ3) is 14.4. The van der Waals surface area contributed by atoms with Gasteiger partial charge in [-0.15, -0.1) is 0 Å². The zero-order valence-electron chi connectivity index (χ0n) is 31.9. The summed E-state index contributed by atoms with van der Waals surface area (Å²) < 4.78 is 33.5. The normalized spacial score (nSPS) is 12.8. The van der Waals surface area contributed by atoms with Crippen LogP contribution in [0, 0.1) is 0 Å². The first-order chi connectivity index (χ1) is 24.1. The molecular formula is C42H69O6PS. The van der Waals surface area contributed by atoms with Crippen molar-refractivity contribution in [2.75, 3.05) is 24.6 Å². The van der Waals surface area contributed by atoms with Gasteiger partial charge in [0.25, 0.3) is 0 Å². The molecule has 0 saturated carbocycles. The number of sulfone groups is 1. The van der Waals surface area contributed by atoms with Crippen LogP contribution in [0.15, 0.2) is 58.3 Å². The summed E-state index contributed by atoms with van der Waals surface area (Å²) in [5.41, 5.74) is 0.399. The molecule has 0 aliphatic carbocycles. The van der Waals surface area contributed by atoms with Crippen LogP contribution in [-0.2, 0) is 14.4 Å². The second-order valence-corrected chi connectivity index (χ2v) is 22.3. The quantitative estimate of drug-likeness (QED) is 0.0660. The summed E-state index contributed by atoms with van der Waals surface area (Å²) in [5, 5.41) is 9.17. The zero-order chi connectivity index (χ0) is 36.7. The standard InChI is InChI=1S/C42H69O6PS/c1-5-9-13-14-15-16-17-18-19-20-21-22-23-24-36-49(33-10-6-2,34-11-7-3,35-12-8-4)48-42(45)38-27-31-40(32-28-38)50(46,47)39-29-25-37(26-30-39)41(43)44/h25-32H,5-24,33-36H2,1-4H3,(H,43,44). The molecule has 0 atom stereocenters. The third-order valence-corrected chi connectivity index (χ3v) is 18.7. The number of aromatic carboxylic acids is 1. The van der Waals surface area contributed by atoms with Gasteiger partial charge in [0.05, 0.1) is 0 Å². The van der Waals surface area contributed by atoms with Crippen molar-refractivity contribution in [2.24, 2.45) is 0 Å². The van der Waals surface area contributed by atoms with Gasteiger partial charge in [-0.3, -0.25) is 0 Å². The van der Waals surface area contributed by atoms with E-state index >= 15 is 0 Å². The Morgan fingerprint density at radius 3 is 1.18 bits per heavy atom. The molecule has 1 N–H and O–H groups in total. The maximum atomic E-state index is 14.0. The molecule has 2 aromatic rings. The van der Waals surface area contributed by atoms with E-state index in [9.17, 15) is 23.1 Å². The predicted octanol–water partition coefficient (Wildman–Crippen LogP) is 12.7. The predicted molar refractivity (Wildman–Crippen MR) is 212 cm³/mol. The molecule has 0 spiro atoms. The van der Waals surface area contributed by atoms with Crippen LogP contribution in [0.2, 0.25) is 0 Å². The Bertz CT molecular complexity index is 1330. The minimum absolute atomic E-state index is 0.00891. The van der Waals surface area contributed by atoms with Crippen molar-refractivity contribution in [3.05, 3.63) is 59.7 Å². The van der Waals surface area contributed by atoms with Gasteiger partial charge in [0.2, 0.25) is 0 Å². The Kier molecular flexibility index (Phi) is 20.5. The molecule has 6 nitrogen and oxygen atoms in total. The Labute approximate surface area is 305 Å².